The highest BCUT2D eigenvalue weighted by Crippen LogP contribution is 2.36. The summed E-state index contributed by atoms with van der Waals surface area (Å²) in [5, 5.41) is 9.07. The van der Waals surface area contributed by atoms with Crippen LogP contribution in [0.1, 0.15) is 47.8 Å². The normalized spacial score (nSPS) is 18.0. The molecule has 0 radical (unpaired) electrons. The van der Waals surface area contributed by atoms with Crippen LogP contribution in [-0.4, -0.2) is 28.4 Å². The zero-order chi connectivity index (χ0) is 14.2. The molecule has 1 unspecified atom stereocenters. The number of benzene rings is 1. The maximum absolute atomic E-state index is 12.4. The van der Waals surface area contributed by atoms with E-state index in [-0.39, 0.29) is 18.4 Å². The molecule has 1 aliphatic rings. The molecule has 0 saturated carbocycles. The Balaban J connectivity index is 2.42. The summed E-state index contributed by atoms with van der Waals surface area (Å²) < 4.78 is 0. The number of carboxylic acids is 1. The molecular formula is C15H19NO3. The van der Waals surface area contributed by atoms with Gasteiger partial charge in [0.05, 0.1) is 12.5 Å². The monoisotopic (exact) mass is 261 g/mol. The predicted octanol–water partition coefficient (Wildman–Crippen LogP) is 2.62. The van der Waals surface area contributed by atoms with Gasteiger partial charge >= 0.3 is 5.97 Å². The Morgan fingerprint density at radius 3 is 2.68 bits per heavy atom. The van der Waals surface area contributed by atoms with Gasteiger partial charge in [-0.15, -0.1) is 0 Å². The molecule has 2 rings (SSSR count). The fraction of sp³-hybridized carbons (Fsp3) is 0.467. The number of rotatable bonds is 4. The fourth-order valence-electron chi connectivity index (χ4n) is 2.61. The molecule has 0 saturated heterocycles. The predicted molar refractivity (Wildman–Crippen MR) is 72.0 cm³/mol. The van der Waals surface area contributed by atoms with Crippen molar-refractivity contribution in [3.63, 3.8) is 0 Å². The second kappa shape index (κ2) is 5.03. The zero-order valence-electron chi connectivity index (χ0n) is 11.5. The lowest BCUT2D eigenvalue weighted by atomic mass is 10.00. The second-order valence-corrected chi connectivity index (χ2v) is 5.56. The van der Waals surface area contributed by atoms with E-state index in [1.165, 1.54) is 0 Å². The summed E-state index contributed by atoms with van der Waals surface area (Å²) in [5.74, 6) is -0.605. The second-order valence-electron chi connectivity index (χ2n) is 5.56. The molecule has 0 spiro atoms. The minimum absolute atomic E-state index is 0.0328. The highest BCUT2D eigenvalue weighted by Gasteiger charge is 2.37. The number of hydrogen-bond acceptors (Lipinski definition) is 2. The Bertz CT molecular complexity index is 522. The van der Waals surface area contributed by atoms with Crippen molar-refractivity contribution < 1.29 is 14.7 Å². The van der Waals surface area contributed by atoms with Crippen LogP contribution < -0.4 is 0 Å². The van der Waals surface area contributed by atoms with Crippen molar-refractivity contribution in [2.45, 2.75) is 33.2 Å². The molecule has 1 aromatic rings. The van der Waals surface area contributed by atoms with E-state index in [4.69, 9.17) is 5.11 Å². The van der Waals surface area contributed by atoms with Crippen molar-refractivity contribution in [1.82, 2.24) is 4.90 Å². The molecular weight excluding hydrogens is 242 g/mol. The third-order valence-corrected chi connectivity index (χ3v) is 3.36. The van der Waals surface area contributed by atoms with E-state index >= 15 is 0 Å². The quantitative estimate of drug-likeness (QED) is 0.906. The number of aliphatic carboxylic acids is 1. The first-order valence-corrected chi connectivity index (χ1v) is 6.53. The van der Waals surface area contributed by atoms with E-state index in [2.05, 4.69) is 0 Å². The lowest BCUT2D eigenvalue weighted by molar-refractivity contribution is -0.138. The van der Waals surface area contributed by atoms with Crippen LogP contribution in [-0.2, 0) is 4.79 Å². The number of amides is 1. The molecule has 1 amide bonds. The van der Waals surface area contributed by atoms with Crippen LogP contribution in [0, 0.1) is 12.8 Å². The molecule has 1 atom stereocenters. The molecule has 1 aliphatic heterocycles. The number of carbonyl (C=O) groups excluding carboxylic acids is 1. The summed E-state index contributed by atoms with van der Waals surface area (Å²) in [6.07, 6.45) is -0.0328. The van der Waals surface area contributed by atoms with Gasteiger partial charge in [-0.2, -0.15) is 0 Å². The van der Waals surface area contributed by atoms with Crippen LogP contribution in [0.3, 0.4) is 0 Å². The summed E-state index contributed by atoms with van der Waals surface area (Å²) in [6, 6.07) is 5.30. The smallest absolute Gasteiger partial charge is 0.305 e. The van der Waals surface area contributed by atoms with Gasteiger partial charge in [0, 0.05) is 12.1 Å². The van der Waals surface area contributed by atoms with Gasteiger partial charge in [0.2, 0.25) is 0 Å². The first kappa shape index (κ1) is 13.6. The molecule has 4 heteroatoms. The number of carboxylic acid groups (broad SMARTS) is 1. The summed E-state index contributed by atoms with van der Waals surface area (Å²) in [7, 11) is 0. The number of nitrogens with zero attached hydrogens (tertiary/aromatic N) is 1. The molecule has 4 nitrogen and oxygen atoms in total. The van der Waals surface area contributed by atoms with Crippen molar-refractivity contribution in [1.29, 1.82) is 0 Å². The van der Waals surface area contributed by atoms with Crippen molar-refractivity contribution in [3.05, 3.63) is 34.9 Å². The Morgan fingerprint density at radius 1 is 1.42 bits per heavy atom. The minimum atomic E-state index is -0.874. The van der Waals surface area contributed by atoms with Gasteiger partial charge in [-0.25, -0.2) is 0 Å². The lowest BCUT2D eigenvalue weighted by Gasteiger charge is -2.26. The summed E-state index contributed by atoms with van der Waals surface area (Å²) in [4.78, 5) is 25.1. The summed E-state index contributed by atoms with van der Waals surface area (Å²) in [6.45, 7) is 6.59. The van der Waals surface area contributed by atoms with Gasteiger partial charge in [0.1, 0.15) is 0 Å². The largest absolute Gasteiger partial charge is 0.481 e. The third-order valence-electron chi connectivity index (χ3n) is 3.36. The number of aryl methyl sites for hydroxylation is 1. The van der Waals surface area contributed by atoms with E-state index in [1.54, 1.807) is 4.90 Å². The van der Waals surface area contributed by atoms with Crippen LogP contribution in [0.5, 0.6) is 0 Å². The minimum Gasteiger partial charge on any atom is -0.481 e. The first-order chi connectivity index (χ1) is 8.90. The zero-order valence-corrected chi connectivity index (χ0v) is 11.5. The standard InChI is InChI=1S/C15H19NO3/c1-9(2)8-16-13(7-14(17)18)12-6-10(3)4-5-11(12)15(16)19/h4-6,9,13H,7-8H2,1-3H3,(H,17,18). The van der Waals surface area contributed by atoms with Gasteiger partial charge < -0.3 is 10.0 Å². The Hall–Kier alpha value is -1.84. The first-order valence-electron chi connectivity index (χ1n) is 6.53. The van der Waals surface area contributed by atoms with E-state index in [0.717, 1.165) is 11.1 Å². The Labute approximate surface area is 113 Å². The van der Waals surface area contributed by atoms with Crippen molar-refractivity contribution in [2.75, 3.05) is 6.54 Å². The lowest BCUT2D eigenvalue weighted by Crippen LogP contribution is -2.32. The van der Waals surface area contributed by atoms with Crippen LogP contribution in [0.4, 0.5) is 0 Å². The highest BCUT2D eigenvalue weighted by atomic mass is 16.4. The maximum atomic E-state index is 12.4. The topological polar surface area (TPSA) is 57.6 Å². The average molecular weight is 261 g/mol. The third kappa shape index (κ3) is 2.62. The van der Waals surface area contributed by atoms with Gasteiger partial charge in [-0.1, -0.05) is 31.5 Å². The molecule has 0 fully saturated rings. The molecule has 1 N–H and O–H groups in total. The van der Waals surface area contributed by atoms with Crippen LogP contribution in [0.15, 0.2) is 18.2 Å². The number of fused-ring (bicyclic) bond motifs is 1. The molecule has 0 aliphatic carbocycles. The highest BCUT2D eigenvalue weighted by molar-refractivity contribution is 5.99. The molecule has 19 heavy (non-hydrogen) atoms. The van der Waals surface area contributed by atoms with E-state index < -0.39 is 5.97 Å². The van der Waals surface area contributed by atoms with Gasteiger partial charge in [-0.3, -0.25) is 9.59 Å². The van der Waals surface area contributed by atoms with E-state index in [9.17, 15) is 9.59 Å². The molecule has 0 bridgehead atoms. The van der Waals surface area contributed by atoms with Gasteiger partial charge in [0.15, 0.2) is 0 Å². The summed E-state index contributed by atoms with van der Waals surface area (Å²) >= 11 is 0. The van der Waals surface area contributed by atoms with Crippen LogP contribution >= 0.6 is 0 Å². The summed E-state index contributed by atoms with van der Waals surface area (Å²) in [5.41, 5.74) is 2.55. The average Bonchev–Trinajstić information content (AvgIpc) is 2.53. The van der Waals surface area contributed by atoms with Gasteiger partial charge in [-0.05, 0) is 24.5 Å². The van der Waals surface area contributed by atoms with Gasteiger partial charge in [0.25, 0.3) is 5.91 Å². The SMILES string of the molecule is Cc1ccc2c(c1)C(CC(=O)O)N(CC(C)C)C2=O. The van der Waals surface area contributed by atoms with E-state index in [0.29, 0.717) is 18.0 Å². The van der Waals surface area contributed by atoms with Crippen molar-refractivity contribution in [3.8, 4) is 0 Å². The van der Waals surface area contributed by atoms with Crippen LogP contribution in [0.2, 0.25) is 0 Å². The Morgan fingerprint density at radius 2 is 2.11 bits per heavy atom. The van der Waals surface area contributed by atoms with Crippen molar-refractivity contribution in [2.24, 2.45) is 5.92 Å². The number of hydrogen-bond donors (Lipinski definition) is 1. The number of carbonyl (C=O) groups is 2. The van der Waals surface area contributed by atoms with E-state index in [1.807, 2.05) is 39.0 Å². The molecule has 1 aromatic carbocycles. The van der Waals surface area contributed by atoms with Crippen molar-refractivity contribution >= 4 is 11.9 Å². The molecule has 1 heterocycles. The molecule has 0 aromatic heterocycles. The fourth-order valence-corrected chi connectivity index (χ4v) is 2.61. The molecule has 102 valence electrons. The maximum Gasteiger partial charge on any atom is 0.305 e. The van der Waals surface area contributed by atoms with Crippen LogP contribution in [0.25, 0.3) is 0 Å². The Kier molecular flexibility index (Phi) is 3.60.